The number of halogens is 1. The van der Waals surface area contributed by atoms with Crippen LogP contribution in [0.5, 0.6) is 5.75 Å². The van der Waals surface area contributed by atoms with Gasteiger partial charge in [-0.25, -0.2) is 4.79 Å². The normalized spacial score (nSPS) is 11.0. The van der Waals surface area contributed by atoms with Crippen LogP contribution in [0.4, 0.5) is 5.00 Å². The van der Waals surface area contributed by atoms with Crippen LogP contribution < -0.4 is 10.1 Å². The molecule has 0 radical (unpaired) electrons. The molecule has 0 saturated carbocycles. The Morgan fingerprint density at radius 3 is 2.50 bits per heavy atom. The number of nitrogens with one attached hydrogen (secondary N) is 1. The van der Waals surface area contributed by atoms with Crippen molar-refractivity contribution in [1.82, 2.24) is 4.57 Å². The summed E-state index contributed by atoms with van der Waals surface area (Å²) in [6, 6.07) is 13.2. The molecule has 0 aliphatic heterocycles. The van der Waals surface area contributed by atoms with Crippen LogP contribution in [0.2, 0.25) is 5.02 Å². The quantitative estimate of drug-likeness (QED) is 0.229. The third kappa shape index (κ3) is 4.99. The van der Waals surface area contributed by atoms with Gasteiger partial charge in [0.05, 0.1) is 13.2 Å². The van der Waals surface area contributed by atoms with Gasteiger partial charge in [-0.05, 0) is 68.7 Å². The lowest BCUT2D eigenvalue weighted by molar-refractivity contribution is 0.0529. The standard InChI is InChI=1S/C28H29ClN2O4S/c1-5-14-35-20-11-8-18(9-12-20)22-16-36-27(24(22)28(33)34-7-3)30-26(32)25-17(4)21-15-19(29)10-13-23(21)31(25)6-2/h8-13,15-16H,5-7,14H2,1-4H3,(H,30,32). The van der Waals surface area contributed by atoms with E-state index in [9.17, 15) is 9.59 Å². The fourth-order valence-electron chi connectivity index (χ4n) is 4.30. The van der Waals surface area contributed by atoms with Gasteiger partial charge in [-0.3, -0.25) is 4.79 Å². The Morgan fingerprint density at radius 1 is 1.08 bits per heavy atom. The molecule has 0 spiro atoms. The molecule has 4 aromatic rings. The molecular formula is C28H29ClN2O4S. The second-order valence-electron chi connectivity index (χ2n) is 8.28. The van der Waals surface area contributed by atoms with Crippen molar-refractivity contribution in [3.8, 4) is 16.9 Å². The van der Waals surface area contributed by atoms with Crippen LogP contribution >= 0.6 is 22.9 Å². The Labute approximate surface area is 219 Å². The second kappa shape index (κ2) is 11.2. The Hall–Kier alpha value is -3.29. The van der Waals surface area contributed by atoms with Crippen molar-refractivity contribution in [2.75, 3.05) is 18.5 Å². The van der Waals surface area contributed by atoms with Crippen LogP contribution in [-0.2, 0) is 11.3 Å². The fraction of sp³-hybridized carbons (Fsp3) is 0.286. The molecule has 0 atom stereocenters. The van der Waals surface area contributed by atoms with Crippen molar-refractivity contribution in [3.63, 3.8) is 0 Å². The summed E-state index contributed by atoms with van der Waals surface area (Å²) in [5, 5.41) is 6.85. The van der Waals surface area contributed by atoms with E-state index < -0.39 is 5.97 Å². The summed E-state index contributed by atoms with van der Waals surface area (Å²) in [5.74, 6) is 0.00356. The lowest BCUT2D eigenvalue weighted by Gasteiger charge is -2.11. The maximum atomic E-state index is 13.6. The molecule has 188 valence electrons. The van der Waals surface area contributed by atoms with E-state index >= 15 is 0 Å². The molecule has 8 heteroatoms. The van der Waals surface area contributed by atoms with Crippen LogP contribution in [-0.4, -0.2) is 29.7 Å². The van der Waals surface area contributed by atoms with Crippen LogP contribution in [0.15, 0.2) is 47.8 Å². The van der Waals surface area contributed by atoms with Crippen molar-refractivity contribution in [2.24, 2.45) is 0 Å². The van der Waals surface area contributed by atoms with E-state index in [-0.39, 0.29) is 12.5 Å². The minimum Gasteiger partial charge on any atom is -0.494 e. The molecule has 2 aromatic heterocycles. The highest BCUT2D eigenvalue weighted by Gasteiger charge is 2.26. The number of rotatable bonds is 9. The number of hydrogen-bond donors (Lipinski definition) is 1. The molecule has 6 nitrogen and oxygen atoms in total. The van der Waals surface area contributed by atoms with Gasteiger partial charge in [0.25, 0.3) is 5.91 Å². The summed E-state index contributed by atoms with van der Waals surface area (Å²) in [6.45, 7) is 9.20. The number of anilines is 1. The van der Waals surface area contributed by atoms with E-state index in [0.717, 1.165) is 34.2 Å². The lowest BCUT2D eigenvalue weighted by Crippen LogP contribution is -2.19. The number of nitrogens with zero attached hydrogens (tertiary/aromatic N) is 1. The Morgan fingerprint density at radius 2 is 1.83 bits per heavy atom. The number of thiophene rings is 1. The molecule has 0 aliphatic rings. The molecule has 0 unspecified atom stereocenters. The van der Waals surface area contributed by atoms with Crippen molar-refractivity contribution >= 4 is 50.7 Å². The van der Waals surface area contributed by atoms with Gasteiger partial charge in [-0.15, -0.1) is 11.3 Å². The highest BCUT2D eigenvalue weighted by atomic mass is 35.5. The van der Waals surface area contributed by atoms with Crippen molar-refractivity contribution in [2.45, 2.75) is 40.7 Å². The average molecular weight is 525 g/mol. The number of aromatic nitrogens is 1. The minimum atomic E-state index is -0.477. The highest BCUT2D eigenvalue weighted by Crippen LogP contribution is 2.38. The van der Waals surface area contributed by atoms with E-state index in [2.05, 4.69) is 12.2 Å². The Bertz CT molecular complexity index is 1410. The second-order valence-corrected chi connectivity index (χ2v) is 9.60. The third-order valence-corrected chi connectivity index (χ3v) is 7.08. The zero-order chi connectivity index (χ0) is 25.8. The molecular weight excluding hydrogens is 496 g/mol. The minimum absolute atomic E-state index is 0.231. The highest BCUT2D eigenvalue weighted by molar-refractivity contribution is 7.15. The number of carbonyl (C=O) groups excluding carboxylic acids is 2. The first-order valence-corrected chi connectivity index (χ1v) is 13.3. The predicted octanol–water partition coefficient (Wildman–Crippen LogP) is 7.57. The number of carbonyl (C=O) groups is 2. The topological polar surface area (TPSA) is 69.6 Å². The molecule has 2 heterocycles. The molecule has 1 N–H and O–H groups in total. The smallest absolute Gasteiger partial charge is 0.341 e. The van der Waals surface area contributed by atoms with Crippen molar-refractivity contribution < 1.29 is 19.1 Å². The number of ether oxygens (including phenoxy) is 2. The zero-order valence-corrected chi connectivity index (χ0v) is 22.4. The van der Waals surface area contributed by atoms with Gasteiger partial charge in [0.15, 0.2) is 0 Å². The molecule has 4 rings (SSSR count). The van der Waals surface area contributed by atoms with Crippen LogP contribution in [0.1, 0.15) is 53.6 Å². The monoisotopic (exact) mass is 524 g/mol. The van der Waals surface area contributed by atoms with Gasteiger partial charge in [0.1, 0.15) is 22.0 Å². The third-order valence-electron chi connectivity index (χ3n) is 5.95. The van der Waals surface area contributed by atoms with Crippen LogP contribution in [0.3, 0.4) is 0 Å². The molecule has 2 aromatic carbocycles. The molecule has 0 fully saturated rings. The fourth-order valence-corrected chi connectivity index (χ4v) is 5.42. The first-order valence-electron chi connectivity index (χ1n) is 12.0. The van der Waals surface area contributed by atoms with Gasteiger partial charge >= 0.3 is 5.97 Å². The summed E-state index contributed by atoms with van der Waals surface area (Å²) >= 11 is 7.52. The summed E-state index contributed by atoms with van der Waals surface area (Å²) in [4.78, 5) is 26.6. The SMILES string of the molecule is CCCOc1ccc(-c2csc(NC(=O)c3c(C)c4cc(Cl)ccc4n3CC)c2C(=O)OCC)cc1. The lowest BCUT2D eigenvalue weighted by atomic mass is 10.0. The number of aryl methyl sites for hydroxylation is 2. The van der Waals surface area contributed by atoms with Gasteiger partial charge < -0.3 is 19.4 Å². The number of benzene rings is 2. The van der Waals surface area contributed by atoms with Gasteiger partial charge in [0.2, 0.25) is 0 Å². The number of hydrogen-bond acceptors (Lipinski definition) is 5. The van der Waals surface area contributed by atoms with Crippen LogP contribution in [0.25, 0.3) is 22.0 Å². The largest absolute Gasteiger partial charge is 0.494 e. The molecule has 0 saturated heterocycles. The van der Waals surface area contributed by atoms with Gasteiger partial charge in [-0.1, -0.05) is 30.7 Å². The van der Waals surface area contributed by atoms with Gasteiger partial charge in [0, 0.05) is 33.4 Å². The molecule has 36 heavy (non-hydrogen) atoms. The zero-order valence-electron chi connectivity index (χ0n) is 20.8. The van der Waals surface area contributed by atoms with E-state index in [1.54, 1.807) is 6.92 Å². The summed E-state index contributed by atoms with van der Waals surface area (Å²) in [6.07, 6.45) is 0.922. The van der Waals surface area contributed by atoms with Crippen LogP contribution in [0, 0.1) is 6.92 Å². The summed E-state index contributed by atoms with van der Waals surface area (Å²) in [7, 11) is 0. The average Bonchev–Trinajstić information content (AvgIpc) is 3.41. The van der Waals surface area contributed by atoms with Gasteiger partial charge in [-0.2, -0.15) is 0 Å². The Balaban J connectivity index is 1.72. The molecule has 0 aliphatic carbocycles. The maximum absolute atomic E-state index is 13.6. The van der Waals surface area contributed by atoms with Crippen molar-refractivity contribution in [1.29, 1.82) is 0 Å². The number of amides is 1. The first-order chi connectivity index (χ1) is 17.4. The predicted molar refractivity (Wildman–Crippen MR) is 147 cm³/mol. The first kappa shape index (κ1) is 25.8. The summed E-state index contributed by atoms with van der Waals surface area (Å²) in [5.41, 5.74) is 4.20. The Kier molecular flexibility index (Phi) is 8.01. The van der Waals surface area contributed by atoms with E-state index in [1.807, 2.05) is 66.3 Å². The maximum Gasteiger partial charge on any atom is 0.341 e. The summed E-state index contributed by atoms with van der Waals surface area (Å²) < 4.78 is 13.0. The van der Waals surface area contributed by atoms with E-state index in [0.29, 0.717) is 40.0 Å². The molecule has 1 amide bonds. The molecule has 0 bridgehead atoms. The number of esters is 1. The van der Waals surface area contributed by atoms with E-state index in [1.165, 1.54) is 11.3 Å². The van der Waals surface area contributed by atoms with E-state index in [4.69, 9.17) is 21.1 Å². The number of fused-ring (bicyclic) bond motifs is 1. The van der Waals surface area contributed by atoms with Crippen molar-refractivity contribution in [3.05, 3.63) is 69.7 Å².